The van der Waals surface area contributed by atoms with Crippen LogP contribution in [0, 0.1) is 0 Å². The van der Waals surface area contributed by atoms with Crippen molar-refractivity contribution < 1.29 is 29.0 Å². The Labute approximate surface area is 133 Å². The first-order valence-corrected chi connectivity index (χ1v) is 6.86. The van der Waals surface area contributed by atoms with Crippen molar-refractivity contribution >= 4 is 17.7 Å². The highest BCUT2D eigenvalue weighted by Crippen LogP contribution is 2.37. The summed E-state index contributed by atoms with van der Waals surface area (Å²) in [5, 5.41) is 10.0. The zero-order valence-electron chi connectivity index (χ0n) is 13.0. The molecular weight excluding hydrogens is 302 g/mol. The van der Waals surface area contributed by atoms with Crippen molar-refractivity contribution in [1.82, 2.24) is 4.90 Å². The van der Waals surface area contributed by atoms with Crippen molar-refractivity contribution in [2.45, 2.75) is 13.0 Å². The van der Waals surface area contributed by atoms with Gasteiger partial charge in [-0.25, -0.2) is 0 Å². The van der Waals surface area contributed by atoms with Crippen molar-refractivity contribution in [3.63, 3.8) is 0 Å². The van der Waals surface area contributed by atoms with E-state index in [1.807, 2.05) is 0 Å². The van der Waals surface area contributed by atoms with E-state index in [-0.39, 0.29) is 12.1 Å². The highest BCUT2D eigenvalue weighted by atomic mass is 16.5. The molecule has 0 unspecified atom stereocenters. The Hall–Kier alpha value is -2.83. The molecule has 0 saturated heterocycles. The molecule has 1 aliphatic rings. The monoisotopic (exact) mass is 319 g/mol. The Morgan fingerprint density at radius 1 is 1.22 bits per heavy atom. The summed E-state index contributed by atoms with van der Waals surface area (Å²) in [5.74, 6) is -1.89. The van der Waals surface area contributed by atoms with Gasteiger partial charge in [0.05, 0.1) is 25.8 Å². The van der Waals surface area contributed by atoms with E-state index >= 15 is 0 Å². The van der Waals surface area contributed by atoms with Crippen molar-refractivity contribution in [2.75, 3.05) is 20.8 Å². The SMILES string of the molecule is COC(=O)CN1C(=O)C(O)=C(C(C)=O)[C@@H]1c1ccc(OC)cc1. The minimum absolute atomic E-state index is 0.0379. The molecule has 23 heavy (non-hydrogen) atoms. The van der Waals surface area contributed by atoms with Crippen LogP contribution in [0.4, 0.5) is 0 Å². The van der Waals surface area contributed by atoms with Crippen molar-refractivity contribution in [3.05, 3.63) is 41.2 Å². The van der Waals surface area contributed by atoms with Gasteiger partial charge in [-0.1, -0.05) is 12.1 Å². The molecule has 122 valence electrons. The third-order valence-corrected chi connectivity index (χ3v) is 3.64. The van der Waals surface area contributed by atoms with Gasteiger partial charge in [0.25, 0.3) is 5.91 Å². The molecule has 1 aromatic rings. The highest BCUT2D eigenvalue weighted by molar-refractivity contribution is 6.08. The molecule has 1 heterocycles. The number of methoxy groups -OCH3 is 2. The predicted molar refractivity (Wildman–Crippen MR) is 79.8 cm³/mol. The maximum Gasteiger partial charge on any atom is 0.325 e. The Morgan fingerprint density at radius 3 is 2.30 bits per heavy atom. The molecule has 0 bridgehead atoms. The first-order chi connectivity index (χ1) is 10.9. The number of esters is 1. The van der Waals surface area contributed by atoms with Gasteiger partial charge in [-0.2, -0.15) is 0 Å². The van der Waals surface area contributed by atoms with Crippen LogP contribution in [0.3, 0.4) is 0 Å². The maximum absolute atomic E-state index is 12.2. The molecule has 1 aliphatic heterocycles. The molecule has 7 nitrogen and oxygen atoms in total. The molecule has 0 aromatic heterocycles. The summed E-state index contributed by atoms with van der Waals surface area (Å²) in [6.07, 6.45) is 0. The number of amides is 1. The van der Waals surface area contributed by atoms with Crippen LogP contribution in [0.1, 0.15) is 18.5 Å². The first kappa shape index (κ1) is 16.5. The second-order valence-electron chi connectivity index (χ2n) is 5.00. The number of ketones is 1. The van der Waals surface area contributed by atoms with E-state index in [9.17, 15) is 19.5 Å². The van der Waals surface area contributed by atoms with Gasteiger partial charge in [0.15, 0.2) is 11.5 Å². The van der Waals surface area contributed by atoms with E-state index < -0.39 is 29.5 Å². The summed E-state index contributed by atoms with van der Waals surface area (Å²) in [7, 11) is 2.72. The number of hydrogen-bond acceptors (Lipinski definition) is 6. The van der Waals surface area contributed by atoms with Gasteiger partial charge in [0.1, 0.15) is 12.3 Å². The quantitative estimate of drug-likeness (QED) is 0.818. The van der Waals surface area contributed by atoms with Crippen LogP contribution in [0.15, 0.2) is 35.6 Å². The second kappa shape index (κ2) is 6.51. The summed E-state index contributed by atoms with van der Waals surface area (Å²) in [5.41, 5.74) is 0.543. The highest BCUT2D eigenvalue weighted by Gasteiger charge is 2.43. The Bertz CT molecular complexity index is 676. The van der Waals surface area contributed by atoms with Gasteiger partial charge in [-0.3, -0.25) is 14.4 Å². The predicted octanol–water partition coefficient (Wildman–Crippen LogP) is 1.15. The molecular formula is C16H17NO6. The average molecular weight is 319 g/mol. The number of aliphatic hydroxyl groups is 1. The van der Waals surface area contributed by atoms with Crippen LogP contribution >= 0.6 is 0 Å². The smallest absolute Gasteiger partial charge is 0.325 e. The van der Waals surface area contributed by atoms with Crippen molar-refractivity contribution in [1.29, 1.82) is 0 Å². The number of ether oxygens (including phenoxy) is 2. The summed E-state index contributed by atoms with van der Waals surface area (Å²) in [6.45, 7) is 0.893. The van der Waals surface area contributed by atoms with Crippen molar-refractivity contribution in [2.24, 2.45) is 0 Å². The average Bonchev–Trinajstić information content (AvgIpc) is 2.79. The number of hydrogen-bond donors (Lipinski definition) is 1. The van der Waals surface area contributed by atoms with Gasteiger partial charge in [0.2, 0.25) is 0 Å². The summed E-state index contributed by atoms with van der Waals surface area (Å²) < 4.78 is 9.65. The molecule has 1 amide bonds. The van der Waals surface area contributed by atoms with Gasteiger partial charge < -0.3 is 19.5 Å². The number of benzene rings is 1. The number of carbonyl (C=O) groups is 3. The maximum atomic E-state index is 12.2. The molecule has 0 spiro atoms. The van der Waals surface area contributed by atoms with E-state index in [2.05, 4.69) is 4.74 Å². The first-order valence-electron chi connectivity index (χ1n) is 6.86. The molecule has 0 saturated carbocycles. The van der Waals surface area contributed by atoms with Gasteiger partial charge in [0, 0.05) is 0 Å². The zero-order chi connectivity index (χ0) is 17.1. The number of rotatable bonds is 5. The molecule has 7 heteroatoms. The minimum atomic E-state index is -0.843. The molecule has 0 radical (unpaired) electrons. The topological polar surface area (TPSA) is 93.1 Å². The fourth-order valence-electron chi connectivity index (χ4n) is 2.51. The van der Waals surface area contributed by atoms with E-state index in [1.165, 1.54) is 21.1 Å². The molecule has 0 fully saturated rings. The lowest BCUT2D eigenvalue weighted by Gasteiger charge is -2.25. The fraction of sp³-hybridized carbons (Fsp3) is 0.312. The molecule has 1 N–H and O–H groups in total. The third-order valence-electron chi connectivity index (χ3n) is 3.64. The van der Waals surface area contributed by atoms with Crippen LogP contribution in [0.25, 0.3) is 0 Å². The van der Waals surface area contributed by atoms with E-state index in [4.69, 9.17) is 4.74 Å². The van der Waals surface area contributed by atoms with E-state index in [0.717, 1.165) is 4.90 Å². The van der Waals surface area contributed by atoms with Crippen LogP contribution in [0.2, 0.25) is 0 Å². The van der Waals surface area contributed by atoms with Gasteiger partial charge in [-0.15, -0.1) is 0 Å². The molecule has 1 aromatic carbocycles. The number of carbonyl (C=O) groups excluding carboxylic acids is 3. The zero-order valence-corrected chi connectivity index (χ0v) is 13.0. The lowest BCUT2D eigenvalue weighted by Crippen LogP contribution is -2.36. The summed E-state index contributed by atoms with van der Waals surface area (Å²) >= 11 is 0. The van der Waals surface area contributed by atoms with Crippen molar-refractivity contribution in [3.8, 4) is 5.75 Å². The van der Waals surface area contributed by atoms with Crippen LogP contribution < -0.4 is 4.74 Å². The molecule has 1 atom stereocenters. The lowest BCUT2D eigenvalue weighted by molar-refractivity contribution is -0.146. The second-order valence-corrected chi connectivity index (χ2v) is 5.00. The number of nitrogens with zero attached hydrogens (tertiary/aromatic N) is 1. The summed E-state index contributed by atoms with van der Waals surface area (Å²) in [6, 6.07) is 5.84. The largest absolute Gasteiger partial charge is 0.503 e. The Kier molecular flexibility index (Phi) is 4.68. The van der Waals surface area contributed by atoms with E-state index in [0.29, 0.717) is 11.3 Å². The minimum Gasteiger partial charge on any atom is -0.503 e. The van der Waals surface area contributed by atoms with Gasteiger partial charge in [-0.05, 0) is 24.6 Å². The van der Waals surface area contributed by atoms with Crippen LogP contribution in [-0.4, -0.2) is 48.4 Å². The number of aliphatic hydroxyl groups excluding tert-OH is 1. The summed E-state index contributed by atoms with van der Waals surface area (Å²) in [4.78, 5) is 36.7. The molecule has 0 aliphatic carbocycles. The van der Waals surface area contributed by atoms with E-state index in [1.54, 1.807) is 24.3 Å². The standard InChI is InChI=1S/C16H17NO6/c1-9(18)13-14(10-4-6-11(22-2)7-5-10)17(8-12(19)23-3)16(21)15(13)20/h4-7,14,20H,8H2,1-3H3/t14-/m0/s1. The number of Topliss-reactive ketones (excluding diaryl/α,β-unsaturated/α-hetero) is 1. The lowest BCUT2D eigenvalue weighted by atomic mass is 9.96. The fourth-order valence-corrected chi connectivity index (χ4v) is 2.51. The third kappa shape index (κ3) is 3.03. The Morgan fingerprint density at radius 2 is 1.83 bits per heavy atom. The van der Waals surface area contributed by atoms with Crippen LogP contribution in [-0.2, 0) is 19.1 Å². The molecule has 2 rings (SSSR count). The van der Waals surface area contributed by atoms with Crippen LogP contribution in [0.5, 0.6) is 5.75 Å². The normalized spacial score (nSPS) is 17.4. The Balaban J connectivity index is 2.48. The van der Waals surface area contributed by atoms with Gasteiger partial charge >= 0.3 is 5.97 Å².